The summed E-state index contributed by atoms with van der Waals surface area (Å²) in [6.07, 6.45) is 7.95. The second kappa shape index (κ2) is 3.25. The molecule has 1 rings (SSSR count). The van der Waals surface area contributed by atoms with Gasteiger partial charge in [0.1, 0.15) is 0 Å². The summed E-state index contributed by atoms with van der Waals surface area (Å²) in [5, 5.41) is 19.0. The van der Waals surface area contributed by atoms with Gasteiger partial charge in [-0.05, 0) is 19.3 Å². The molecular formula is C9H14O2. The summed E-state index contributed by atoms with van der Waals surface area (Å²) in [6, 6.07) is 0. The molecule has 1 fully saturated rings. The molecule has 0 aromatic rings. The Morgan fingerprint density at radius 1 is 1.64 bits per heavy atom. The molecule has 0 bridgehead atoms. The maximum atomic E-state index is 9.74. The highest BCUT2D eigenvalue weighted by molar-refractivity contribution is 4.97. The lowest BCUT2D eigenvalue weighted by atomic mass is 9.81. The zero-order chi connectivity index (χ0) is 8.32. The Labute approximate surface area is 67.2 Å². The van der Waals surface area contributed by atoms with E-state index in [-0.39, 0.29) is 6.10 Å². The van der Waals surface area contributed by atoms with E-state index < -0.39 is 5.60 Å². The molecule has 0 amide bonds. The standard InChI is InChI=1S/C9H14O2/c1-2-5-9(11)6-3-4-8(10)7-9/h1,8,10-11H,3-7H2/t8-,9-/m0/s1. The van der Waals surface area contributed by atoms with E-state index in [0.717, 1.165) is 19.3 Å². The lowest BCUT2D eigenvalue weighted by Crippen LogP contribution is -2.36. The van der Waals surface area contributed by atoms with Crippen LogP contribution in [0.3, 0.4) is 0 Å². The van der Waals surface area contributed by atoms with Crippen LogP contribution in [0.1, 0.15) is 32.1 Å². The van der Waals surface area contributed by atoms with Crippen LogP contribution in [0.5, 0.6) is 0 Å². The molecule has 0 aromatic heterocycles. The van der Waals surface area contributed by atoms with Gasteiger partial charge in [0, 0.05) is 12.8 Å². The first kappa shape index (κ1) is 8.58. The molecule has 0 spiro atoms. The second-order valence-corrected chi connectivity index (χ2v) is 3.36. The van der Waals surface area contributed by atoms with Gasteiger partial charge in [-0.2, -0.15) is 0 Å². The van der Waals surface area contributed by atoms with E-state index in [0.29, 0.717) is 12.8 Å². The average Bonchev–Trinajstić information content (AvgIpc) is 1.86. The zero-order valence-corrected chi connectivity index (χ0v) is 6.58. The maximum absolute atomic E-state index is 9.74. The molecular weight excluding hydrogens is 140 g/mol. The van der Waals surface area contributed by atoms with Crippen LogP contribution in [-0.4, -0.2) is 21.9 Å². The topological polar surface area (TPSA) is 40.5 Å². The third kappa shape index (κ3) is 2.21. The maximum Gasteiger partial charge on any atom is 0.0781 e. The number of hydrogen-bond acceptors (Lipinski definition) is 2. The summed E-state index contributed by atoms with van der Waals surface area (Å²) in [7, 11) is 0. The number of aliphatic hydroxyl groups is 2. The highest BCUT2D eigenvalue weighted by Crippen LogP contribution is 2.30. The van der Waals surface area contributed by atoms with Crippen LogP contribution in [0.25, 0.3) is 0 Å². The van der Waals surface area contributed by atoms with Crippen molar-refractivity contribution in [2.45, 2.75) is 43.8 Å². The van der Waals surface area contributed by atoms with Crippen molar-refractivity contribution in [1.82, 2.24) is 0 Å². The van der Waals surface area contributed by atoms with Crippen molar-refractivity contribution in [3.8, 4) is 12.3 Å². The smallest absolute Gasteiger partial charge is 0.0781 e. The highest BCUT2D eigenvalue weighted by Gasteiger charge is 2.32. The van der Waals surface area contributed by atoms with Gasteiger partial charge in [0.15, 0.2) is 0 Å². The molecule has 1 aliphatic carbocycles. The molecule has 0 heterocycles. The van der Waals surface area contributed by atoms with Crippen LogP contribution >= 0.6 is 0 Å². The SMILES string of the molecule is C#CC[C@]1(O)CCC[C@H](O)C1. The molecule has 0 aliphatic heterocycles. The first-order chi connectivity index (χ1) is 5.16. The second-order valence-electron chi connectivity index (χ2n) is 3.36. The van der Waals surface area contributed by atoms with Crippen LogP contribution in [0.15, 0.2) is 0 Å². The Morgan fingerprint density at radius 3 is 2.91 bits per heavy atom. The van der Waals surface area contributed by atoms with Gasteiger partial charge in [-0.1, -0.05) is 0 Å². The Morgan fingerprint density at radius 2 is 2.36 bits per heavy atom. The average molecular weight is 154 g/mol. The van der Waals surface area contributed by atoms with E-state index in [1.54, 1.807) is 0 Å². The normalized spacial score (nSPS) is 38.1. The highest BCUT2D eigenvalue weighted by atomic mass is 16.3. The number of terminal acetylenes is 1. The molecule has 1 saturated carbocycles. The van der Waals surface area contributed by atoms with Gasteiger partial charge in [0.25, 0.3) is 0 Å². The van der Waals surface area contributed by atoms with E-state index in [1.807, 2.05) is 0 Å². The van der Waals surface area contributed by atoms with Crippen molar-refractivity contribution in [2.75, 3.05) is 0 Å². The monoisotopic (exact) mass is 154 g/mol. The number of hydrogen-bond donors (Lipinski definition) is 2. The minimum Gasteiger partial charge on any atom is -0.393 e. The van der Waals surface area contributed by atoms with Crippen LogP contribution in [0.4, 0.5) is 0 Å². The number of rotatable bonds is 1. The van der Waals surface area contributed by atoms with Crippen molar-refractivity contribution < 1.29 is 10.2 Å². The third-order valence-electron chi connectivity index (χ3n) is 2.23. The molecule has 0 radical (unpaired) electrons. The lowest BCUT2D eigenvalue weighted by molar-refractivity contribution is -0.0412. The molecule has 11 heavy (non-hydrogen) atoms. The van der Waals surface area contributed by atoms with Gasteiger partial charge in [-0.15, -0.1) is 12.3 Å². The van der Waals surface area contributed by atoms with Crippen molar-refractivity contribution in [3.05, 3.63) is 0 Å². The van der Waals surface area contributed by atoms with Gasteiger partial charge in [-0.25, -0.2) is 0 Å². The molecule has 2 N–H and O–H groups in total. The summed E-state index contributed by atoms with van der Waals surface area (Å²) < 4.78 is 0. The molecule has 62 valence electrons. The quantitative estimate of drug-likeness (QED) is 0.545. The zero-order valence-electron chi connectivity index (χ0n) is 6.58. The fourth-order valence-corrected chi connectivity index (χ4v) is 1.66. The van der Waals surface area contributed by atoms with Crippen molar-refractivity contribution in [1.29, 1.82) is 0 Å². The first-order valence-corrected chi connectivity index (χ1v) is 4.00. The molecule has 0 saturated heterocycles. The predicted octanol–water partition coefficient (Wildman–Crippen LogP) is 0.676. The minimum absolute atomic E-state index is 0.359. The van der Waals surface area contributed by atoms with Gasteiger partial charge < -0.3 is 10.2 Å². The summed E-state index contributed by atoms with van der Waals surface area (Å²) in [5.74, 6) is 2.44. The fourth-order valence-electron chi connectivity index (χ4n) is 1.66. The van der Waals surface area contributed by atoms with Gasteiger partial charge in [0.05, 0.1) is 11.7 Å². The minimum atomic E-state index is -0.785. The Kier molecular flexibility index (Phi) is 2.53. The van der Waals surface area contributed by atoms with E-state index >= 15 is 0 Å². The summed E-state index contributed by atoms with van der Waals surface area (Å²) >= 11 is 0. The fraction of sp³-hybridized carbons (Fsp3) is 0.778. The van der Waals surface area contributed by atoms with Crippen molar-refractivity contribution >= 4 is 0 Å². The van der Waals surface area contributed by atoms with Crippen molar-refractivity contribution in [2.24, 2.45) is 0 Å². The molecule has 2 nitrogen and oxygen atoms in total. The molecule has 2 atom stereocenters. The number of aliphatic hydroxyl groups excluding tert-OH is 1. The predicted molar refractivity (Wildman–Crippen MR) is 42.9 cm³/mol. The van der Waals surface area contributed by atoms with Crippen LogP contribution in [0, 0.1) is 12.3 Å². The van der Waals surface area contributed by atoms with Crippen molar-refractivity contribution in [3.63, 3.8) is 0 Å². The third-order valence-corrected chi connectivity index (χ3v) is 2.23. The summed E-state index contributed by atoms with van der Waals surface area (Å²) in [4.78, 5) is 0. The molecule has 0 unspecified atom stereocenters. The summed E-state index contributed by atoms with van der Waals surface area (Å²) in [5.41, 5.74) is -0.785. The Bertz CT molecular complexity index is 171. The Hall–Kier alpha value is -0.520. The summed E-state index contributed by atoms with van der Waals surface area (Å²) in [6.45, 7) is 0. The van der Waals surface area contributed by atoms with Crippen LogP contribution in [-0.2, 0) is 0 Å². The molecule has 0 aromatic carbocycles. The van der Waals surface area contributed by atoms with Crippen LogP contribution < -0.4 is 0 Å². The molecule has 2 heteroatoms. The van der Waals surface area contributed by atoms with Crippen LogP contribution in [0.2, 0.25) is 0 Å². The lowest BCUT2D eigenvalue weighted by Gasteiger charge is -2.33. The Balaban J connectivity index is 2.50. The van der Waals surface area contributed by atoms with E-state index in [9.17, 15) is 10.2 Å². The van der Waals surface area contributed by atoms with Gasteiger partial charge in [0.2, 0.25) is 0 Å². The van der Waals surface area contributed by atoms with Gasteiger partial charge >= 0.3 is 0 Å². The molecule has 1 aliphatic rings. The van der Waals surface area contributed by atoms with E-state index in [4.69, 9.17) is 6.42 Å². The first-order valence-electron chi connectivity index (χ1n) is 4.00. The largest absolute Gasteiger partial charge is 0.393 e. The van der Waals surface area contributed by atoms with E-state index in [1.165, 1.54) is 0 Å². The van der Waals surface area contributed by atoms with Gasteiger partial charge in [-0.3, -0.25) is 0 Å². The van der Waals surface area contributed by atoms with E-state index in [2.05, 4.69) is 5.92 Å².